The largest absolute Gasteiger partial charge is 0.423 e. The van der Waals surface area contributed by atoms with Gasteiger partial charge in [0.15, 0.2) is 5.78 Å². The van der Waals surface area contributed by atoms with Crippen molar-refractivity contribution in [2.24, 2.45) is 0 Å². The maximum absolute atomic E-state index is 12.7. The van der Waals surface area contributed by atoms with Crippen LogP contribution in [-0.4, -0.2) is 10.7 Å². The lowest BCUT2D eigenvalue weighted by atomic mass is 10.0. The van der Waals surface area contributed by atoms with Crippen molar-refractivity contribution in [1.29, 1.82) is 0 Å². The van der Waals surface area contributed by atoms with Crippen LogP contribution in [0.4, 0.5) is 18.9 Å². The van der Waals surface area contributed by atoms with Crippen LogP contribution in [0.5, 0.6) is 0 Å². The third kappa shape index (κ3) is 2.73. The van der Waals surface area contributed by atoms with E-state index in [9.17, 15) is 28.1 Å². The van der Waals surface area contributed by atoms with Gasteiger partial charge >= 0.3 is 6.18 Å². The van der Waals surface area contributed by atoms with E-state index in [1.807, 2.05) is 0 Å². The third-order valence-electron chi connectivity index (χ3n) is 1.97. The minimum atomic E-state index is -4.94. The Morgan fingerprint density at radius 3 is 2.29 bits per heavy atom. The van der Waals surface area contributed by atoms with Gasteiger partial charge in [0.1, 0.15) is 5.56 Å². The molecule has 4 nitrogen and oxygen atoms in total. The standard InChI is InChI=1S/C9H5F3INO3/c1-4(15)5-2-3-6(13)8(14(16)17)7(5)9(10,11)12/h2-3H,1H3. The molecule has 0 aromatic heterocycles. The van der Waals surface area contributed by atoms with Gasteiger partial charge < -0.3 is 0 Å². The molecule has 0 spiro atoms. The van der Waals surface area contributed by atoms with Crippen LogP contribution in [0.1, 0.15) is 22.8 Å². The molecule has 8 heteroatoms. The van der Waals surface area contributed by atoms with E-state index in [1.54, 1.807) is 0 Å². The fourth-order valence-corrected chi connectivity index (χ4v) is 1.97. The van der Waals surface area contributed by atoms with Gasteiger partial charge in [-0.25, -0.2) is 0 Å². The first-order valence-electron chi connectivity index (χ1n) is 4.21. The Morgan fingerprint density at radius 1 is 1.41 bits per heavy atom. The number of halogens is 4. The summed E-state index contributed by atoms with van der Waals surface area (Å²) in [6, 6.07) is 2.06. The Morgan fingerprint density at radius 2 is 1.94 bits per heavy atom. The Kier molecular flexibility index (Phi) is 3.74. The number of nitro groups is 1. The van der Waals surface area contributed by atoms with Crippen molar-refractivity contribution in [2.75, 3.05) is 0 Å². The number of hydrogen-bond acceptors (Lipinski definition) is 3. The molecule has 0 N–H and O–H groups in total. The highest BCUT2D eigenvalue weighted by Crippen LogP contribution is 2.40. The van der Waals surface area contributed by atoms with Crippen LogP contribution in [0.3, 0.4) is 0 Å². The summed E-state index contributed by atoms with van der Waals surface area (Å²) in [5, 5.41) is 10.7. The Bertz CT molecular complexity index is 499. The first kappa shape index (κ1) is 13.9. The minimum absolute atomic E-state index is 0.162. The molecule has 0 bridgehead atoms. The van der Waals surface area contributed by atoms with Gasteiger partial charge in [-0.3, -0.25) is 14.9 Å². The van der Waals surface area contributed by atoms with Crippen molar-refractivity contribution in [3.63, 3.8) is 0 Å². The summed E-state index contributed by atoms with van der Waals surface area (Å²) < 4.78 is 38.1. The van der Waals surface area contributed by atoms with Gasteiger partial charge in [0, 0.05) is 5.56 Å². The molecule has 0 saturated carbocycles. The molecule has 1 rings (SSSR count). The van der Waals surface area contributed by atoms with Gasteiger partial charge in [0.25, 0.3) is 5.69 Å². The number of alkyl halides is 3. The smallest absolute Gasteiger partial charge is 0.294 e. The van der Waals surface area contributed by atoms with E-state index < -0.39 is 33.7 Å². The van der Waals surface area contributed by atoms with Crippen molar-refractivity contribution in [3.05, 3.63) is 36.9 Å². The number of carbonyl (C=O) groups is 1. The lowest BCUT2D eigenvalue weighted by molar-refractivity contribution is -0.389. The Labute approximate surface area is 107 Å². The van der Waals surface area contributed by atoms with E-state index in [1.165, 1.54) is 22.6 Å². The molecule has 0 saturated heterocycles. The van der Waals surface area contributed by atoms with Crippen LogP contribution >= 0.6 is 22.6 Å². The lowest BCUT2D eigenvalue weighted by Gasteiger charge is -2.12. The van der Waals surface area contributed by atoms with Gasteiger partial charge in [-0.1, -0.05) is 0 Å². The lowest BCUT2D eigenvalue weighted by Crippen LogP contribution is -2.15. The highest BCUT2D eigenvalue weighted by molar-refractivity contribution is 14.1. The highest BCUT2D eigenvalue weighted by Gasteiger charge is 2.43. The summed E-state index contributed by atoms with van der Waals surface area (Å²) in [6.07, 6.45) is -4.94. The second kappa shape index (κ2) is 4.59. The van der Waals surface area contributed by atoms with Crippen molar-refractivity contribution in [3.8, 4) is 0 Å². The zero-order valence-corrected chi connectivity index (χ0v) is 10.5. The molecule has 0 radical (unpaired) electrons. The SMILES string of the molecule is CC(=O)c1ccc(I)c([N+](=O)[O-])c1C(F)(F)F. The Balaban J connectivity index is 3.75. The molecule has 0 heterocycles. The monoisotopic (exact) mass is 359 g/mol. The summed E-state index contributed by atoms with van der Waals surface area (Å²) >= 11 is 1.43. The van der Waals surface area contributed by atoms with Crippen LogP contribution in [0.2, 0.25) is 0 Å². The summed E-state index contributed by atoms with van der Waals surface area (Å²) in [5.74, 6) is -0.864. The second-order valence-electron chi connectivity index (χ2n) is 3.13. The topological polar surface area (TPSA) is 60.2 Å². The van der Waals surface area contributed by atoms with Gasteiger partial charge in [-0.2, -0.15) is 13.2 Å². The fourth-order valence-electron chi connectivity index (χ4n) is 1.32. The number of hydrogen-bond donors (Lipinski definition) is 0. The highest BCUT2D eigenvalue weighted by atomic mass is 127. The first-order chi connectivity index (χ1) is 7.66. The molecule has 0 fully saturated rings. The number of rotatable bonds is 2. The summed E-state index contributed by atoms with van der Waals surface area (Å²) in [6.45, 7) is 0.932. The van der Waals surface area contributed by atoms with Gasteiger partial charge in [0.2, 0.25) is 0 Å². The summed E-state index contributed by atoms with van der Waals surface area (Å²) in [4.78, 5) is 20.6. The molecule has 1 aromatic rings. The number of benzene rings is 1. The first-order valence-corrected chi connectivity index (χ1v) is 5.29. The van der Waals surface area contributed by atoms with Crippen LogP contribution in [0.15, 0.2) is 12.1 Å². The quantitative estimate of drug-likeness (QED) is 0.352. The molecule has 1 aromatic carbocycles. The maximum atomic E-state index is 12.7. The summed E-state index contributed by atoms with van der Waals surface area (Å²) in [7, 11) is 0. The van der Waals surface area contributed by atoms with Crippen molar-refractivity contribution < 1.29 is 22.9 Å². The van der Waals surface area contributed by atoms with E-state index in [4.69, 9.17) is 0 Å². The normalized spacial score (nSPS) is 11.4. The van der Waals surface area contributed by atoms with Gasteiger partial charge in [-0.05, 0) is 41.6 Å². The van der Waals surface area contributed by atoms with E-state index in [0.717, 1.165) is 19.1 Å². The molecule has 0 atom stereocenters. The average molecular weight is 359 g/mol. The van der Waals surface area contributed by atoms with Crippen molar-refractivity contribution in [1.82, 2.24) is 0 Å². The van der Waals surface area contributed by atoms with Crippen molar-refractivity contribution in [2.45, 2.75) is 13.1 Å². The third-order valence-corrected chi connectivity index (χ3v) is 2.84. The van der Waals surface area contributed by atoms with E-state index in [0.29, 0.717) is 0 Å². The molecule has 17 heavy (non-hydrogen) atoms. The zero-order valence-electron chi connectivity index (χ0n) is 8.34. The van der Waals surface area contributed by atoms with E-state index >= 15 is 0 Å². The van der Waals surface area contributed by atoms with Crippen LogP contribution in [0, 0.1) is 13.7 Å². The molecule has 92 valence electrons. The predicted molar refractivity (Wildman–Crippen MR) is 60.8 cm³/mol. The molecule has 0 aliphatic heterocycles. The number of ketones is 1. The zero-order chi connectivity index (χ0) is 13.4. The number of nitro benzene ring substituents is 1. The molecule has 0 unspecified atom stereocenters. The fraction of sp³-hybridized carbons (Fsp3) is 0.222. The van der Waals surface area contributed by atoms with Crippen LogP contribution in [0.25, 0.3) is 0 Å². The molecule has 0 aliphatic rings. The van der Waals surface area contributed by atoms with E-state index in [-0.39, 0.29) is 3.57 Å². The maximum Gasteiger partial charge on any atom is 0.423 e. The van der Waals surface area contributed by atoms with Crippen LogP contribution in [-0.2, 0) is 6.18 Å². The van der Waals surface area contributed by atoms with Gasteiger partial charge in [0.05, 0.1) is 8.49 Å². The predicted octanol–water partition coefficient (Wildman–Crippen LogP) is 3.42. The van der Waals surface area contributed by atoms with Gasteiger partial charge in [-0.15, -0.1) is 0 Å². The van der Waals surface area contributed by atoms with Crippen LogP contribution < -0.4 is 0 Å². The minimum Gasteiger partial charge on any atom is -0.294 e. The number of nitrogens with zero attached hydrogens (tertiary/aromatic N) is 1. The second-order valence-corrected chi connectivity index (χ2v) is 4.29. The number of carbonyl (C=O) groups excluding carboxylic acids is 1. The Hall–Kier alpha value is -1.19. The number of Topliss-reactive ketones (excluding diaryl/α,β-unsaturated/α-hetero) is 1. The molecule has 0 amide bonds. The molecular formula is C9H5F3INO3. The molecular weight excluding hydrogens is 354 g/mol. The average Bonchev–Trinajstić information content (AvgIpc) is 2.14. The molecule has 0 aliphatic carbocycles. The van der Waals surface area contributed by atoms with E-state index in [2.05, 4.69) is 0 Å². The summed E-state index contributed by atoms with van der Waals surface area (Å²) in [5.41, 5.74) is -3.25. The van der Waals surface area contributed by atoms with Crippen molar-refractivity contribution >= 4 is 34.1 Å².